The van der Waals surface area contributed by atoms with Gasteiger partial charge in [0, 0.05) is 30.8 Å². The topological polar surface area (TPSA) is 130 Å². The van der Waals surface area contributed by atoms with Crippen molar-refractivity contribution in [3.05, 3.63) is 101 Å². The lowest BCUT2D eigenvalue weighted by molar-refractivity contribution is -0.245. The van der Waals surface area contributed by atoms with Crippen LogP contribution < -0.4 is 5.32 Å². The standard InChI is InChI=1S/C34H34F3N5O5S/c35-34(36,37)32(45)42-15-3-6-28(42)30(44)38-17-25-4-1-2-5-27(25)22-11-13-24(14-12-22)31-46-26(19-48-33-39-20-40-41-33)16-29(47-31)23-9-7-21(18-43)8-10-23/h1-2,4-5,7-14,20,26,28-29,31,43H,3,6,15-19H2,(H,38,44)(H,39,40,41). The van der Waals surface area contributed by atoms with Crippen LogP contribution in [0, 0.1) is 0 Å². The third-order valence-electron chi connectivity index (χ3n) is 8.44. The predicted molar refractivity (Wildman–Crippen MR) is 170 cm³/mol. The van der Waals surface area contributed by atoms with Gasteiger partial charge in [-0.25, -0.2) is 4.98 Å². The van der Waals surface area contributed by atoms with E-state index in [-0.39, 0.29) is 38.3 Å². The molecule has 0 saturated carbocycles. The number of nitrogens with one attached hydrogen (secondary N) is 2. The molecule has 2 amide bonds. The average molecular weight is 682 g/mol. The fraction of sp³-hybridized carbons (Fsp3) is 0.353. The monoisotopic (exact) mass is 681 g/mol. The van der Waals surface area contributed by atoms with Gasteiger partial charge in [-0.2, -0.15) is 18.3 Å². The molecule has 1 aromatic heterocycles. The zero-order valence-corrected chi connectivity index (χ0v) is 26.5. The molecule has 252 valence electrons. The number of aromatic amines is 1. The zero-order valence-electron chi connectivity index (χ0n) is 25.7. The summed E-state index contributed by atoms with van der Waals surface area (Å²) in [5, 5.41) is 19.7. The molecule has 2 fully saturated rings. The number of nitrogens with zero attached hydrogens (tertiary/aromatic N) is 3. The third-order valence-corrected chi connectivity index (χ3v) is 9.45. The molecule has 3 N–H and O–H groups in total. The molecule has 3 aromatic carbocycles. The first kappa shape index (κ1) is 33.7. The van der Waals surface area contributed by atoms with E-state index in [4.69, 9.17) is 9.47 Å². The van der Waals surface area contributed by atoms with Crippen molar-refractivity contribution in [1.82, 2.24) is 25.4 Å². The lowest BCUT2D eigenvalue weighted by Crippen LogP contribution is -2.50. The van der Waals surface area contributed by atoms with Gasteiger partial charge in [-0.1, -0.05) is 84.6 Å². The Kier molecular flexibility index (Phi) is 10.4. The second-order valence-electron chi connectivity index (χ2n) is 11.6. The van der Waals surface area contributed by atoms with Gasteiger partial charge in [0.25, 0.3) is 0 Å². The van der Waals surface area contributed by atoms with E-state index in [9.17, 15) is 27.9 Å². The van der Waals surface area contributed by atoms with Gasteiger partial charge >= 0.3 is 12.1 Å². The summed E-state index contributed by atoms with van der Waals surface area (Å²) in [5.74, 6) is -1.98. The lowest BCUT2D eigenvalue weighted by atomic mass is 9.97. The van der Waals surface area contributed by atoms with Crippen molar-refractivity contribution in [2.24, 2.45) is 0 Å². The molecule has 2 aliphatic heterocycles. The molecule has 4 unspecified atom stereocenters. The largest absolute Gasteiger partial charge is 0.471 e. The summed E-state index contributed by atoms with van der Waals surface area (Å²) < 4.78 is 52.0. The molecule has 3 heterocycles. The summed E-state index contributed by atoms with van der Waals surface area (Å²) in [5.41, 5.74) is 5.08. The first-order valence-electron chi connectivity index (χ1n) is 15.5. The number of benzene rings is 3. The maximum absolute atomic E-state index is 13.1. The molecule has 10 nitrogen and oxygen atoms in total. The highest BCUT2D eigenvalue weighted by Gasteiger charge is 2.47. The van der Waals surface area contributed by atoms with Crippen molar-refractivity contribution in [2.75, 3.05) is 12.3 Å². The number of aliphatic hydroxyl groups is 1. The van der Waals surface area contributed by atoms with Crippen molar-refractivity contribution < 1.29 is 37.3 Å². The van der Waals surface area contributed by atoms with Crippen LogP contribution >= 0.6 is 11.8 Å². The number of aromatic nitrogens is 3. The van der Waals surface area contributed by atoms with Crippen LogP contribution in [-0.4, -0.2) is 67.6 Å². The minimum Gasteiger partial charge on any atom is -0.392 e. The Morgan fingerprint density at radius 2 is 1.77 bits per heavy atom. The smallest absolute Gasteiger partial charge is 0.392 e. The fourth-order valence-electron chi connectivity index (χ4n) is 5.98. The number of hydrogen-bond acceptors (Lipinski definition) is 8. The number of carbonyl (C=O) groups is 2. The van der Waals surface area contributed by atoms with Crippen LogP contribution in [0.5, 0.6) is 0 Å². The van der Waals surface area contributed by atoms with Crippen molar-refractivity contribution in [3.63, 3.8) is 0 Å². The molecule has 4 aromatic rings. The summed E-state index contributed by atoms with van der Waals surface area (Å²) in [6, 6.07) is 21.7. The number of thioether (sulfide) groups is 1. The van der Waals surface area contributed by atoms with Gasteiger partial charge in [0.15, 0.2) is 11.4 Å². The fourth-order valence-corrected chi connectivity index (χ4v) is 6.78. The normalized spacial score (nSPS) is 21.3. The zero-order chi connectivity index (χ0) is 33.7. The first-order valence-corrected chi connectivity index (χ1v) is 16.5. The van der Waals surface area contributed by atoms with Crippen LogP contribution in [0.3, 0.4) is 0 Å². The molecule has 0 radical (unpaired) electrons. The number of H-pyrrole nitrogens is 1. The van der Waals surface area contributed by atoms with Crippen LogP contribution in [0.15, 0.2) is 84.3 Å². The third kappa shape index (κ3) is 7.89. The number of halogens is 3. The molecule has 48 heavy (non-hydrogen) atoms. The number of carbonyl (C=O) groups excluding carboxylic acids is 2. The van der Waals surface area contributed by atoms with Crippen molar-refractivity contribution >= 4 is 23.6 Å². The molecule has 2 saturated heterocycles. The Balaban J connectivity index is 1.15. The van der Waals surface area contributed by atoms with Crippen molar-refractivity contribution in [2.45, 2.75) is 68.3 Å². The van der Waals surface area contributed by atoms with Gasteiger partial charge in [-0.05, 0) is 40.7 Å². The van der Waals surface area contributed by atoms with Gasteiger partial charge in [0.1, 0.15) is 12.4 Å². The van der Waals surface area contributed by atoms with E-state index in [1.54, 1.807) is 0 Å². The lowest BCUT2D eigenvalue weighted by Gasteiger charge is -2.36. The number of likely N-dealkylation sites (tertiary alicyclic amines) is 1. The number of alkyl halides is 3. The molecule has 2 aliphatic rings. The van der Waals surface area contributed by atoms with Crippen LogP contribution in [0.1, 0.15) is 53.9 Å². The summed E-state index contributed by atoms with van der Waals surface area (Å²) in [6.45, 7) is -0.0685. The predicted octanol–water partition coefficient (Wildman–Crippen LogP) is 5.47. The number of rotatable bonds is 10. The molecule has 0 aliphatic carbocycles. The maximum Gasteiger partial charge on any atom is 0.471 e. The molecular weight excluding hydrogens is 647 g/mol. The van der Waals surface area contributed by atoms with E-state index < -0.39 is 30.3 Å². The number of amides is 2. The minimum absolute atomic E-state index is 0.0437. The summed E-state index contributed by atoms with van der Waals surface area (Å²) >= 11 is 1.51. The molecule has 0 spiro atoms. The van der Waals surface area contributed by atoms with Gasteiger partial charge < -0.3 is 24.8 Å². The SMILES string of the molecule is O=C(NCc1ccccc1-c1ccc(C2OC(CSc3ncn[nH]3)CC(c3ccc(CO)cc3)O2)cc1)C1CCCN1C(=O)C(F)(F)F. The Bertz CT molecular complexity index is 1690. The Hall–Kier alpha value is -4.24. The van der Waals surface area contributed by atoms with Crippen LogP contribution in [0.2, 0.25) is 0 Å². The first-order chi connectivity index (χ1) is 23.2. The van der Waals surface area contributed by atoms with Gasteiger partial charge in [-0.3, -0.25) is 14.7 Å². The Labute approximate surface area is 279 Å². The van der Waals surface area contributed by atoms with Crippen LogP contribution in [0.25, 0.3) is 11.1 Å². The summed E-state index contributed by atoms with van der Waals surface area (Å²) in [4.78, 5) is 29.5. The van der Waals surface area contributed by atoms with Crippen molar-refractivity contribution in [1.29, 1.82) is 0 Å². The maximum atomic E-state index is 13.1. The van der Waals surface area contributed by atoms with Gasteiger partial charge in [0.2, 0.25) is 5.91 Å². The molecule has 0 bridgehead atoms. The Morgan fingerprint density at radius 3 is 2.48 bits per heavy atom. The highest BCUT2D eigenvalue weighted by molar-refractivity contribution is 7.99. The highest BCUT2D eigenvalue weighted by Crippen LogP contribution is 2.40. The van der Waals surface area contributed by atoms with E-state index >= 15 is 0 Å². The van der Waals surface area contributed by atoms with Gasteiger partial charge in [0.05, 0.1) is 18.8 Å². The van der Waals surface area contributed by atoms with E-state index in [1.807, 2.05) is 72.8 Å². The van der Waals surface area contributed by atoms with Gasteiger partial charge in [-0.15, -0.1) is 0 Å². The molecule has 6 rings (SSSR count). The summed E-state index contributed by atoms with van der Waals surface area (Å²) in [6.07, 6.45) is -3.50. The second kappa shape index (κ2) is 14.9. The Morgan fingerprint density at radius 1 is 1.02 bits per heavy atom. The average Bonchev–Trinajstić information content (AvgIpc) is 3.82. The van der Waals surface area contributed by atoms with E-state index in [2.05, 4.69) is 20.5 Å². The molecule has 14 heteroatoms. The summed E-state index contributed by atoms with van der Waals surface area (Å²) in [7, 11) is 0. The van der Waals surface area contributed by atoms with Crippen LogP contribution in [-0.2, 0) is 32.2 Å². The minimum atomic E-state index is -5.03. The molecule has 4 atom stereocenters. The van der Waals surface area contributed by atoms with E-state index in [0.29, 0.717) is 28.7 Å². The van der Waals surface area contributed by atoms with Crippen LogP contribution in [0.4, 0.5) is 13.2 Å². The quantitative estimate of drug-likeness (QED) is 0.188. The number of aliphatic hydroxyl groups excluding tert-OH is 1. The second-order valence-corrected chi connectivity index (χ2v) is 12.6. The van der Waals surface area contributed by atoms with E-state index in [1.165, 1.54) is 18.1 Å². The van der Waals surface area contributed by atoms with Crippen molar-refractivity contribution in [3.8, 4) is 11.1 Å². The molecular formula is C34H34F3N5O5S. The van der Waals surface area contributed by atoms with E-state index in [0.717, 1.165) is 33.4 Å². The highest BCUT2D eigenvalue weighted by atomic mass is 32.2. The number of ether oxygens (including phenoxy) is 2. The number of hydrogen-bond donors (Lipinski definition) is 3.